The number of carbonyl (C=O) groups is 1. The smallest absolute Gasteiger partial charge is 0.248 e. The zero-order chi connectivity index (χ0) is 18.8. The number of hydrogen-bond donors (Lipinski definition) is 1. The Bertz CT molecular complexity index is 738. The summed E-state index contributed by atoms with van der Waals surface area (Å²) in [6.45, 7) is 7.46. The Morgan fingerprint density at radius 1 is 0.885 bits per heavy atom. The van der Waals surface area contributed by atoms with Gasteiger partial charge in [0.15, 0.2) is 11.5 Å². The Hall–Kier alpha value is -2.95. The maximum absolute atomic E-state index is 12.1. The van der Waals surface area contributed by atoms with Crippen molar-refractivity contribution in [2.75, 3.05) is 25.1 Å². The molecule has 138 valence electrons. The lowest BCUT2D eigenvalue weighted by Crippen LogP contribution is -2.08. The molecule has 0 heterocycles. The molecule has 1 N–H and O–H groups in total. The van der Waals surface area contributed by atoms with Crippen LogP contribution in [-0.2, 0) is 4.79 Å². The van der Waals surface area contributed by atoms with E-state index < -0.39 is 0 Å². The van der Waals surface area contributed by atoms with E-state index in [-0.39, 0.29) is 5.91 Å². The molecule has 0 spiro atoms. The van der Waals surface area contributed by atoms with Gasteiger partial charge in [-0.2, -0.15) is 0 Å². The molecule has 1 amide bonds. The van der Waals surface area contributed by atoms with Crippen molar-refractivity contribution in [1.82, 2.24) is 0 Å². The molecule has 0 aliphatic heterocycles. The van der Waals surface area contributed by atoms with Crippen LogP contribution in [0.2, 0.25) is 0 Å². The van der Waals surface area contributed by atoms with Crippen LogP contribution >= 0.6 is 0 Å². The summed E-state index contributed by atoms with van der Waals surface area (Å²) in [5.41, 5.74) is 1.57. The Morgan fingerprint density at radius 2 is 1.54 bits per heavy atom. The average molecular weight is 355 g/mol. The standard InChI is InChI=1S/C21H25NO4/c1-4-24-18-11-7-16(8-12-18)9-14-21(23)22-17-10-13-19(25-5-2)20(15-17)26-6-3/h7-15H,4-6H2,1-3H3,(H,22,23)/b14-9+. The molecule has 0 aliphatic carbocycles. The van der Waals surface area contributed by atoms with E-state index in [9.17, 15) is 4.79 Å². The molecule has 0 aromatic heterocycles. The minimum atomic E-state index is -0.217. The van der Waals surface area contributed by atoms with Crippen molar-refractivity contribution in [2.24, 2.45) is 0 Å². The second kappa shape index (κ2) is 10.1. The second-order valence-electron chi connectivity index (χ2n) is 5.35. The van der Waals surface area contributed by atoms with Crippen molar-refractivity contribution in [2.45, 2.75) is 20.8 Å². The van der Waals surface area contributed by atoms with Crippen LogP contribution in [0.15, 0.2) is 48.5 Å². The van der Waals surface area contributed by atoms with Gasteiger partial charge >= 0.3 is 0 Å². The fourth-order valence-corrected chi connectivity index (χ4v) is 2.33. The molecule has 0 bridgehead atoms. The lowest BCUT2D eigenvalue weighted by Gasteiger charge is -2.12. The second-order valence-corrected chi connectivity index (χ2v) is 5.35. The van der Waals surface area contributed by atoms with Gasteiger partial charge in [-0.1, -0.05) is 12.1 Å². The number of rotatable bonds is 9. The summed E-state index contributed by atoms with van der Waals surface area (Å²) in [5.74, 6) is 1.87. The van der Waals surface area contributed by atoms with Gasteiger partial charge in [-0.15, -0.1) is 0 Å². The highest BCUT2D eigenvalue weighted by atomic mass is 16.5. The van der Waals surface area contributed by atoms with Gasteiger partial charge in [0.1, 0.15) is 5.75 Å². The van der Waals surface area contributed by atoms with Gasteiger partial charge < -0.3 is 19.5 Å². The van der Waals surface area contributed by atoms with E-state index in [1.54, 1.807) is 24.3 Å². The van der Waals surface area contributed by atoms with E-state index >= 15 is 0 Å². The van der Waals surface area contributed by atoms with Gasteiger partial charge in [0, 0.05) is 17.8 Å². The fourth-order valence-electron chi connectivity index (χ4n) is 2.33. The van der Waals surface area contributed by atoms with Gasteiger partial charge in [-0.05, 0) is 56.7 Å². The van der Waals surface area contributed by atoms with Crippen LogP contribution in [0, 0.1) is 0 Å². The van der Waals surface area contributed by atoms with Gasteiger partial charge in [0.2, 0.25) is 5.91 Å². The number of ether oxygens (including phenoxy) is 3. The van der Waals surface area contributed by atoms with Crippen LogP contribution in [-0.4, -0.2) is 25.7 Å². The normalized spacial score (nSPS) is 10.6. The largest absolute Gasteiger partial charge is 0.494 e. The van der Waals surface area contributed by atoms with Crippen LogP contribution < -0.4 is 19.5 Å². The number of benzene rings is 2. The Morgan fingerprint density at radius 3 is 2.19 bits per heavy atom. The number of hydrogen-bond acceptors (Lipinski definition) is 4. The van der Waals surface area contributed by atoms with Gasteiger partial charge in [-0.3, -0.25) is 4.79 Å². The summed E-state index contributed by atoms with van der Waals surface area (Å²) >= 11 is 0. The minimum Gasteiger partial charge on any atom is -0.494 e. The molecular formula is C21H25NO4. The van der Waals surface area contributed by atoms with Crippen LogP contribution in [0.25, 0.3) is 6.08 Å². The number of anilines is 1. The third kappa shape index (κ3) is 5.84. The zero-order valence-electron chi connectivity index (χ0n) is 15.5. The van der Waals surface area contributed by atoms with E-state index in [0.29, 0.717) is 37.0 Å². The van der Waals surface area contributed by atoms with Gasteiger partial charge in [-0.25, -0.2) is 0 Å². The quantitative estimate of drug-likeness (QED) is 0.671. The number of amides is 1. The summed E-state index contributed by atoms with van der Waals surface area (Å²) in [7, 11) is 0. The number of nitrogens with one attached hydrogen (secondary N) is 1. The maximum Gasteiger partial charge on any atom is 0.248 e. The highest BCUT2D eigenvalue weighted by molar-refractivity contribution is 6.02. The lowest BCUT2D eigenvalue weighted by atomic mass is 10.2. The molecule has 2 aromatic rings. The lowest BCUT2D eigenvalue weighted by molar-refractivity contribution is -0.111. The molecule has 0 aliphatic rings. The minimum absolute atomic E-state index is 0.217. The van der Waals surface area contributed by atoms with E-state index in [1.165, 1.54) is 6.08 Å². The number of carbonyl (C=O) groups excluding carboxylic acids is 1. The van der Waals surface area contributed by atoms with Crippen LogP contribution in [0.1, 0.15) is 26.3 Å². The summed E-state index contributed by atoms with van der Waals surface area (Å²) in [6, 6.07) is 12.9. The molecule has 2 rings (SSSR count). The van der Waals surface area contributed by atoms with Crippen molar-refractivity contribution in [1.29, 1.82) is 0 Å². The molecule has 2 aromatic carbocycles. The van der Waals surface area contributed by atoms with Crippen molar-refractivity contribution in [3.63, 3.8) is 0 Å². The third-order valence-electron chi connectivity index (χ3n) is 3.43. The zero-order valence-corrected chi connectivity index (χ0v) is 15.5. The summed E-state index contributed by atoms with van der Waals surface area (Å²) in [5, 5.41) is 2.83. The maximum atomic E-state index is 12.1. The molecule has 0 unspecified atom stereocenters. The first-order valence-electron chi connectivity index (χ1n) is 8.77. The molecular weight excluding hydrogens is 330 g/mol. The summed E-state index contributed by atoms with van der Waals surface area (Å²) in [6.07, 6.45) is 3.25. The first kappa shape index (κ1) is 19.4. The monoisotopic (exact) mass is 355 g/mol. The van der Waals surface area contributed by atoms with Gasteiger partial charge in [0.05, 0.1) is 19.8 Å². The molecule has 0 atom stereocenters. The highest BCUT2D eigenvalue weighted by Gasteiger charge is 2.07. The highest BCUT2D eigenvalue weighted by Crippen LogP contribution is 2.30. The van der Waals surface area contributed by atoms with Crippen LogP contribution in [0.5, 0.6) is 17.2 Å². The molecule has 5 nitrogen and oxygen atoms in total. The van der Waals surface area contributed by atoms with E-state index in [2.05, 4.69) is 5.32 Å². The molecule has 26 heavy (non-hydrogen) atoms. The van der Waals surface area contributed by atoms with Crippen LogP contribution in [0.4, 0.5) is 5.69 Å². The third-order valence-corrected chi connectivity index (χ3v) is 3.43. The first-order chi connectivity index (χ1) is 12.7. The van der Waals surface area contributed by atoms with Crippen molar-refractivity contribution < 1.29 is 19.0 Å². The molecule has 0 fully saturated rings. The predicted molar refractivity (Wildman–Crippen MR) is 104 cm³/mol. The van der Waals surface area contributed by atoms with E-state index in [1.807, 2.05) is 45.0 Å². The van der Waals surface area contributed by atoms with Crippen molar-refractivity contribution in [3.8, 4) is 17.2 Å². The first-order valence-corrected chi connectivity index (χ1v) is 8.77. The molecule has 0 saturated heterocycles. The van der Waals surface area contributed by atoms with Crippen molar-refractivity contribution >= 4 is 17.7 Å². The Balaban J connectivity index is 2.01. The molecule has 0 radical (unpaired) electrons. The SMILES string of the molecule is CCOc1ccc(/C=C/C(=O)Nc2ccc(OCC)c(OCC)c2)cc1. The topological polar surface area (TPSA) is 56.8 Å². The van der Waals surface area contributed by atoms with Gasteiger partial charge in [0.25, 0.3) is 0 Å². The Kier molecular flexibility index (Phi) is 7.55. The van der Waals surface area contributed by atoms with E-state index in [0.717, 1.165) is 11.3 Å². The van der Waals surface area contributed by atoms with E-state index in [4.69, 9.17) is 14.2 Å². The fraction of sp³-hybridized carbons (Fsp3) is 0.286. The summed E-state index contributed by atoms with van der Waals surface area (Å²) < 4.78 is 16.5. The molecule has 5 heteroatoms. The summed E-state index contributed by atoms with van der Waals surface area (Å²) in [4.78, 5) is 12.1. The molecule has 0 saturated carbocycles. The Labute approximate surface area is 154 Å². The van der Waals surface area contributed by atoms with Crippen molar-refractivity contribution in [3.05, 3.63) is 54.1 Å². The predicted octanol–water partition coefficient (Wildman–Crippen LogP) is 4.53. The average Bonchev–Trinajstić information content (AvgIpc) is 2.64. The van der Waals surface area contributed by atoms with Crippen LogP contribution in [0.3, 0.4) is 0 Å².